The molecule has 6 rings (SSSR count). The number of hydrogen-bond donors (Lipinski definition) is 2. The number of nitrogens with two attached hydrogens (primary N) is 1. The number of rotatable bonds is 3. The van der Waals surface area contributed by atoms with Crippen LogP contribution in [0, 0.1) is 5.82 Å². The molecule has 3 aromatic carbocycles. The minimum atomic E-state index is -2.04. The van der Waals surface area contributed by atoms with Crippen LogP contribution in [-0.4, -0.2) is 21.7 Å². The fraction of sp³-hybridized carbons (Fsp3) is 0.0385. The highest BCUT2D eigenvalue weighted by Crippen LogP contribution is 2.45. The average molecular weight is 436 g/mol. The Morgan fingerprint density at radius 1 is 0.909 bits per heavy atom. The number of nitrogens with zero attached hydrogens (tertiary/aromatic N) is 2. The summed E-state index contributed by atoms with van der Waals surface area (Å²) in [5.41, 5.74) is 7.01. The van der Waals surface area contributed by atoms with E-state index in [2.05, 4.69) is 9.97 Å². The topological polar surface area (TPSA) is 92.1 Å². The molecule has 33 heavy (non-hydrogen) atoms. The lowest BCUT2D eigenvalue weighted by Gasteiger charge is -2.23. The van der Waals surface area contributed by atoms with E-state index < -0.39 is 23.0 Å². The number of amides is 1. The van der Waals surface area contributed by atoms with Crippen LogP contribution < -0.4 is 10.6 Å². The number of Topliss-reactive ketones (excluding diaryl/α,β-unsaturated/α-hetero) is 1. The van der Waals surface area contributed by atoms with Crippen LogP contribution in [0.5, 0.6) is 0 Å². The molecule has 6 nitrogen and oxygen atoms in total. The van der Waals surface area contributed by atoms with Gasteiger partial charge in [0.15, 0.2) is 5.54 Å². The first-order chi connectivity index (χ1) is 16.0. The number of benzene rings is 3. The molecule has 0 fully saturated rings. The lowest BCUT2D eigenvalue weighted by atomic mass is 9.86. The number of ketones is 1. The first-order valence-corrected chi connectivity index (χ1v) is 10.4. The van der Waals surface area contributed by atoms with Gasteiger partial charge < -0.3 is 10.7 Å². The van der Waals surface area contributed by atoms with Crippen LogP contribution in [-0.2, 0) is 10.3 Å². The molecule has 5 aromatic rings. The lowest BCUT2D eigenvalue weighted by molar-refractivity contribution is -0.120. The monoisotopic (exact) mass is 436 g/mol. The number of pyridine rings is 1. The van der Waals surface area contributed by atoms with Crippen molar-refractivity contribution in [2.24, 2.45) is 5.73 Å². The molecular formula is C26H17FN4O2. The number of halogens is 1. The third-order valence-corrected chi connectivity index (χ3v) is 6.18. The van der Waals surface area contributed by atoms with Gasteiger partial charge in [0, 0.05) is 21.9 Å². The molecule has 1 atom stereocenters. The summed E-state index contributed by atoms with van der Waals surface area (Å²) in [6.07, 6.45) is 1.56. The second kappa shape index (κ2) is 6.82. The van der Waals surface area contributed by atoms with Crippen molar-refractivity contribution in [2.75, 3.05) is 4.90 Å². The van der Waals surface area contributed by atoms with Crippen LogP contribution in [0.3, 0.4) is 0 Å². The summed E-state index contributed by atoms with van der Waals surface area (Å²) in [5.74, 6) is -1.96. The Morgan fingerprint density at radius 2 is 1.61 bits per heavy atom. The fourth-order valence-electron chi connectivity index (χ4n) is 4.57. The molecule has 1 aliphatic rings. The summed E-state index contributed by atoms with van der Waals surface area (Å²) in [5, 5.41) is 1.73. The molecule has 0 saturated carbocycles. The molecule has 1 aliphatic heterocycles. The number of aromatic amines is 1. The maximum absolute atomic E-state index is 14.6. The van der Waals surface area contributed by atoms with Gasteiger partial charge >= 0.3 is 0 Å². The number of aromatic nitrogens is 2. The van der Waals surface area contributed by atoms with Gasteiger partial charge in [-0.15, -0.1) is 0 Å². The molecule has 3 N–H and O–H groups in total. The molecule has 160 valence electrons. The van der Waals surface area contributed by atoms with Crippen molar-refractivity contribution in [3.63, 3.8) is 0 Å². The SMILES string of the molecule is NC1(C(=O)c2cc3c(cn2)[nH]c2ccccc23)C(=O)N(c2ccccc2F)c2ccccc21. The molecule has 2 aromatic heterocycles. The van der Waals surface area contributed by atoms with Crippen LogP contribution in [0.2, 0.25) is 0 Å². The number of anilines is 2. The van der Waals surface area contributed by atoms with Crippen molar-refractivity contribution in [1.29, 1.82) is 0 Å². The van der Waals surface area contributed by atoms with Crippen molar-refractivity contribution < 1.29 is 14.0 Å². The van der Waals surface area contributed by atoms with E-state index in [1.807, 2.05) is 24.3 Å². The summed E-state index contributed by atoms with van der Waals surface area (Å²) in [6, 6.07) is 21.9. The molecular weight excluding hydrogens is 419 g/mol. The largest absolute Gasteiger partial charge is 0.353 e. The first-order valence-electron chi connectivity index (χ1n) is 10.4. The van der Waals surface area contributed by atoms with Gasteiger partial charge in [-0.25, -0.2) is 4.39 Å². The number of carbonyl (C=O) groups is 2. The molecule has 0 spiro atoms. The van der Waals surface area contributed by atoms with Crippen molar-refractivity contribution in [2.45, 2.75) is 5.54 Å². The Balaban J connectivity index is 1.52. The number of hydrogen-bond acceptors (Lipinski definition) is 4. The smallest absolute Gasteiger partial charge is 0.264 e. The summed E-state index contributed by atoms with van der Waals surface area (Å²) in [4.78, 5) is 36.2. The molecule has 0 aliphatic carbocycles. The van der Waals surface area contributed by atoms with Crippen molar-refractivity contribution >= 4 is 44.9 Å². The highest BCUT2D eigenvalue weighted by Gasteiger charge is 2.55. The van der Waals surface area contributed by atoms with Gasteiger partial charge in [0.2, 0.25) is 5.78 Å². The van der Waals surface area contributed by atoms with Crippen molar-refractivity contribution in [3.8, 4) is 0 Å². The highest BCUT2D eigenvalue weighted by atomic mass is 19.1. The van der Waals surface area contributed by atoms with E-state index in [9.17, 15) is 14.0 Å². The summed E-state index contributed by atoms with van der Waals surface area (Å²) in [7, 11) is 0. The zero-order valence-corrected chi connectivity index (χ0v) is 17.2. The van der Waals surface area contributed by atoms with Crippen LogP contribution in [0.25, 0.3) is 21.8 Å². The van der Waals surface area contributed by atoms with Gasteiger partial charge in [-0.05, 0) is 30.3 Å². The fourth-order valence-corrected chi connectivity index (χ4v) is 4.57. The Bertz CT molecular complexity index is 1610. The normalized spacial score (nSPS) is 17.6. The first kappa shape index (κ1) is 19.3. The maximum atomic E-state index is 14.6. The quantitative estimate of drug-likeness (QED) is 0.320. The second-order valence-corrected chi connectivity index (χ2v) is 8.03. The lowest BCUT2D eigenvalue weighted by Crippen LogP contribution is -2.52. The van der Waals surface area contributed by atoms with Gasteiger partial charge in [0.05, 0.1) is 23.1 Å². The molecule has 7 heteroatoms. The third kappa shape index (κ3) is 2.60. The number of fused-ring (bicyclic) bond motifs is 4. The van der Waals surface area contributed by atoms with Gasteiger partial charge in [-0.2, -0.15) is 0 Å². The number of carbonyl (C=O) groups excluding carboxylic acids is 2. The summed E-state index contributed by atoms with van der Waals surface area (Å²) < 4.78 is 14.6. The Kier molecular flexibility index (Phi) is 3.99. The minimum absolute atomic E-state index is 0.0371. The van der Waals surface area contributed by atoms with E-state index in [0.29, 0.717) is 11.3 Å². The van der Waals surface area contributed by atoms with Gasteiger partial charge in [0.1, 0.15) is 11.5 Å². The van der Waals surface area contributed by atoms with E-state index in [4.69, 9.17) is 5.73 Å². The molecule has 1 amide bonds. The Hall–Kier alpha value is -4.36. The third-order valence-electron chi connectivity index (χ3n) is 6.18. The second-order valence-electron chi connectivity index (χ2n) is 8.03. The summed E-state index contributed by atoms with van der Waals surface area (Å²) in [6.45, 7) is 0. The molecule has 0 bridgehead atoms. The molecule has 0 saturated heterocycles. The Morgan fingerprint density at radius 3 is 2.42 bits per heavy atom. The van der Waals surface area contributed by atoms with Gasteiger partial charge in [0.25, 0.3) is 5.91 Å². The van der Waals surface area contributed by atoms with E-state index in [1.54, 1.807) is 42.6 Å². The predicted molar refractivity (Wildman–Crippen MR) is 124 cm³/mol. The van der Waals surface area contributed by atoms with E-state index >= 15 is 0 Å². The Labute approximate surface area is 187 Å². The van der Waals surface area contributed by atoms with Crippen LogP contribution in [0.4, 0.5) is 15.8 Å². The standard InChI is InChI=1S/C26H17FN4O2/c27-18-9-3-6-12-23(18)31-22-11-5-2-8-17(22)26(28,25(31)33)24(32)20-13-16-15-7-1-4-10-19(15)30-21(16)14-29-20/h1-14,30H,28H2. The molecule has 1 unspecified atom stereocenters. The highest BCUT2D eigenvalue weighted by molar-refractivity contribution is 6.28. The van der Waals surface area contributed by atoms with E-state index in [0.717, 1.165) is 21.8 Å². The number of nitrogens with one attached hydrogen (secondary N) is 1. The predicted octanol–water partition coefficient (Wildman–Crippen LogP) is 4.57. The summed E-state index contributed by atoms with van der Waals surface area (Å²) >= 11 is 0. The van der Waals surface area contributed by atoms with Crippen molar-refractivity contribution in [3.05, 3.63) is 102 Å². The number of para-hydroxylation sites is 3. The van der Waals surface area contributed by atoms with Crippen molar-refractivity contribution in [1.82, 2.24) is 9.97 Å². The number of H-pyrrole nitrogens is 1. The van der Waals surface area contributed by atoms with Gasteiger partial charge in [-0.3, -0.25) is 19.5 Å². The maximum Gasteiger partial charge on any atom is 0.264 e. The van der Waals surface area contributed by atoms with E-state index in [1.165, 1.54) is 23.1 Å². The van der Waals surface area contributed by atoms with Crippen LogP contribution in [0.15, 0.2) is 85.1 Å². The molecule has 3 heterocycles. The van der Waals surface area contributed by atoms with E-state index in [-0.39, 0.29) is 11.4 Å². The van der Waals surface area contributed by atoms with Crippen LogP contribution >= 0.6 is 0 Å². The molecule has 0 radical (unpaired) electrons. The zero-order chi connectivity index (χ0) is 22.7. The minimum Gasteiger partial charge on any atom is -0.353 e. The van der Waals surface area contributed by atoms with Gasteiger partial charge in [-0.1, -0.05) is 48.5 Å². The van der Waals surface area contributed by atoms with Crippen LogP contribution in [0.1, 0.15) is 16.1 Å². The zero-order valence-electron chi connectivity index (χ0n) is 17.2. The average Bonchev–Trinajstić information content (AvgIpc) is 3.32.